The molecule has 5 nitrogen and oxygen atoms in total. The van der Waals surface area contributed by atoms with Crippen LogP contribution in [-0.4, -0.2) is 42.8 Å². The smallest absolute Gasteiger partial charge is 0.330 e. The lowest BCUT2D eigenvalue weighted by molar-refractivity contribution is 0.0673. The van der Waals surface area contributed by atoms with Gasteiger partial charge in [-0.15, -0.1) is 0 Å². The van der Waals surface area contributed by atoms with Crippen molar-refractivity contribution in [2.75, 3.05) is 32.6 Å². The van der Waals surface area contributed by atoms with Crippen LogP contribution in [-0.2, 0) is 13.6 Å². The lowest BCUT2D eigenvalue weighted by atomic mass is 9.75. The van der Waals surface area contributed by atoms with Gasteiger partial charge in [0.2, 0.25) is 0 Å². The molecule has 1 aliphatic carbocycles. The summed E-state index contributed by atoms with van der Waals surface area (Å²) in [6.45, 7) is 4.58. The highest BCUT2D eigenvalue weighted by molar-refractivity contribution is 7.53. The maximum Gasteiger partial charge on any atom is 0.330 e. The fourth-order valence-corrected chi connectivity index (χ4v) is 4.94. The minimum atomic E-state index is -3.00. The third-order valence-electron chi connectivity index (χ3n) is 3.85. The van der Waals surface area contributed by atoms with Crippen LogP contribution >= 0.6 is 7.60 Å². The molecule has 0 aromatic carbocycles. The van der Waals surface area contributed by atoms with Crippen LogP contribution in [0.5, 0.6) is 0 Å². The molecule has 0 heterocycles. The van der Waals surface area contributed by atoms with Crippen LogP contribution in [0.25, 0.3) is 0 Å². The highest BCUT2D eigenvalue weighted by Crippen LogP contribution is 2.52. The van der Waals surface area contributed by atoms with Crippen LogP contribution in [0.15, 0.2) is 0 Å². The highest BCUT2D eigenvalue weighted by Gasteiger charge is 2.35. The largest absolute Gasteiger partial charge is 0.396 e. The van der Waals surface area contributed by atoms with Crippen LogP contribution in [0.4, 0.5) is 0 Å². The van der Waals surface area contributed by atoms with Crippen molar-refractivity contribution < 1.29 is 23.8 Å². The Morgan fingerprint density at radius 2 is 1.63 bits per heavy atom. The van der Waals surface area contributed by atoms with Crippen molar-refractivity contribution in [2.24, 2.45) is 17.8 Å². The molecule has 3 unspecified atom stereocenters. The molecule has 0 aromatic heterocycles. The van der Waals surface area contributed by atoms with E-state index in [0.29, 0.717) is 19.4 Å². The van der Waals surface area contributed by atoms with Crippen molar-refractivity contribution in [3.05, 3.63) is 0 Å². The Balaban J connectivity index is 2.58. The van der Waals surface area contributed by atoms with Gasteiger partial charge >= 0.3 is 7.60 Å². The molecule has 2 N–H and O–H groups in total. The van der Waals surface area contributed by atoms with E-state index in [1.54, 1.807) is 0 Å². The molecule has 6 heteroatoms. The molecule has 19 heavy (non-hydrogen) atoms. The summed E-state index contributed by atoms with van der Waals surface area (Å²) in [5.74, 6) is 0.504. The number of aliphatic hydroxyl groups is 2. The molecule has 0 aromatic rings. The fourth-order valence-electron chi connectivity index (χ4n) is 2.91. The van der Waals surface area contributed by atoms with E-state index >= 15 is 0 Å². The third-order valence-corrected chi connectivity index (χ3v) is 6.12. The molecule has 1 saturated carbocycles. The van der Waals surface area contributed by atoms with Gasteiger partial charge in [0, 0.05) is 13.2 Å². The van der Waals surface area contributed by atoms with Gasteiger partial charge in [0.15, 0.2) is 0 Å². The molecule has 0 spiro atoms. The Bertz CT molecular complexity index is 287. The highest BCUT2D eigenvalue weighted by atomic mass is 31.2. The molecule has 114 valence electrons. The van der Waals surface area contributed by atoms with E-state index in [1.807, 2.05) is 13.8 Å². The number of rotatable bonds is 8. The van der Waals surface area contributed by atoms with Crippen LogP contribution < -0.4 is 0 Å². The van der Waals surface area contributed by atoms with Crippen molar-refractivity contribution in [2.45, 2.75) is 33.1 Å². The first-order valence-corrected chi connectivity index (χ1v) is 8.91. The van der Waals surface area contributed by atoms with Crippen LogP contribution in [0.2, 0.25) is 0 Å². The van der Waals surface area contributed by atoms with Crippen LogP contribution in [0.3, 0.4) is 0 Å². The van der Waals surface area contributed by atoms with Gasteiger partial charge in [0.25, 0.3) is 0 Å². The minimum absolute atomic E-state index is 0.0787. The first kappa shape index (κ1) is 17.1. The van der Waals surface area contributed by atoms with E-state index < -0.39 is 7.60 Å². The zero-order valence-corrected chi connectivity index (χ0v) is 12.8. The molecule has 0 aliphatic heterocycles. The summed E-state index contributed by atoms with van der Waals surface area (Å²) in [4.78, 5) is 0. The van der Waals surface area contributed by atoms with E-state index in [1.165, 1.54) is 0 Å². The lowest BCUT2D eigenvalue weighted by Crippen LogP contribution is -2.31. The maximum atomic E-state index is 12.5. The van der Waals surface area contributed by atoms with Crippen molar-refractivity contribution in [1.29, 1.82) is 0 Å². The second-order valence-electron chi connectivity index (χ2n) is 5.19. The summed E-state index contributed by atoms with van der Waals surface area (Å²) in [6, 6.07) is 0. The zero-order chi connectivity index (χ0) is 14.3. The predicted octanol–water partition coefficient (Wildman–Crippen LogP) is 2.27. The molecule has 0 amide bonds. The van der Waals surface area contributed by atoms with Crippen molar-refractivity contribution in [3.8, 4) is 0 Å². The topological polar surface area (TPSA) is 76.0 Å². The summed E-state index contributed by atoms with van der Waals surface area (Å²) in [5, 5.41) is 18.6. The molecule has 1 fully saturated rings. The Morgan fingerprint density at radius 1 is 1.05 bits per heavy atom. The molecule has 0 radical (unpaired) electrons. The number of hydrogen-bond donors (Lipinski definition) is 2. The molecular formula is C13H27O5P. The van der Waals surface area contributed by atoms with Crippen molar-refractivity contribution in [1.82, 2.24) is 0 Å². The first-order valence-electron chi connectivity index (χ1n) is 7.18. The molecule has 0 bridgehead atoms. The minimum Gasteiger partial charge on any atom is -0.396 e. The van der Waals surface area contributed by atoms with Gasteiger partial charge < -0.3 is 19.3 Å². The standard InChI is InChI=1S/C13H27O5P/c1-3-17-19(16,18-4-2)10-11-5-6-12(8-14)13(7-11)9-15/h11-15H,3-10H2,1-2H3. The molecule has 0 saturated heterocycles. The zero-order valence-electron chi connectivity index (χ0n) is 12.0. The second-order valence-corrected chi connectivity index (χ2v) is 7.30. The van der Waals surface area contributed by atoms with Gasteiger partial charge in [-0.1, -0.05) is 0 Å². The SMILES string of the molecule is CCOP(=O)(CC1CCC(CO)C(CO)C1)OCC. The van der Waals surface area contributed by atoms with Gasteiger partial charge in [-0.05, 0) is 50.9 Å². The molecule has 3 atom stereocenters. The Labute approximate surface area is 115 Å². The number of hydrogen-bond acceptors (Lipinski definition) is 5. The van der Waals surface area contributed by atoms with Crippen LogP contribution in [0.1, 0.15) is 33.1 Å². The Morgan fingerprint density at radius 3 is 2.11 bits per heavy atom. The maximum absolute atomic E-state index is 12.5. The quantitative estimate of drug-likeness (QED) is 0.672. The van der Waals surface area contributed by atoms with E-state index in [0.717, 1.165) is 19.3 Å². The average Bonchev–Trinajstić information content (AvgIpc) is 2.38. The van der Waals surface area contributed by atoms with Crippen molar-refractivity contribution in [3.63, 3.8) is 0 Å². The van der Waals surface area contributed by atoms with Gasteiger partial charge in [-0.25, -0.2) is 0 Å². The monoisotopic (exact) mass is 294 g/mol. The summed E-state index contributed by atoms with van der Waals surface area (Å²) in [5.41, 5.74) is 0. The van der Waals surface area contributed by atoms with E-state index in [2.05, 4.69) is 0 Å². The summed E-state index contributed by atoms with van der Waals surface area (Å²) in [6.07, 6.45) is 2.98. The van der Waals surface area contributed by atoms with Gasteiger partial charge in [-0.3, -0.25) is 4.57 Å². The number of aliphatic hydroxyl groups excluding tert-OH is 2. The van der Waals surface area contributed by atoms with E-state index in [-0.39, 0.29) is 31.0 Å². The summed E-state index contributed by atoms with van der Waals surface area (Å²) in [7, 11) is -3.00. The molecular weight excluding hydrogens is 267 g/mol. The van der Waals surface area contributed by atoms with Crippen LogP contribution in [0, 0.1) is 17.8 Å². The lowest BCUT2D eigenvalue weighted by Gasteiger charge is -2.35. The predicted molar refractivity (Wildman–Crippen MR) is 74.2 cm³/mol. The Kier molecular flexibility index (Phi) is 7.55. The Hall–Kier alpha value is 0.0700. The van der Waals surface area contributed by atoms with Crippen molar-refractivity contribution >= 4 is 7.60 Å². The normalized spacial score (nSPS) is 28.5. The summed E-state index contributed by atoms with van der Waals surface area (Å²) < 4.78 is 23.1. The fraction of sp³-hybridized carbons (Fsp3) is 1.00. The van der Waals surface area contributed by atoms with E-state index in [4.69, 9.17) is 9.05 Å². The van der Waals surface area contributed by atoms with E-state index in [9.17, 15) is 14.8 Å². The van der Waals surface area contributed by atoms with Gasteiger partial charge in [0.05, 0.1) is 19.4 Å². The molecule has 1 rings (SSSR count). The molecule has 1 aliphatic rings. The average molecular weight is 294 g/mol. The van der Waals surface area contributed by atoms with Gasteiger partial charge in [0.1, 0.15) is 0 Å². The van der Waals surface area contributed by atoms with Gasteiger partial charge in [-0.2, -0.15) is 0 Å². The summed E-state index contributed by atoms with van der Waals surface area (Å²) >= 11 is 0. The first-order chi connectivity index (χ1) is 9.08. The second kappa shape index (κ2) is 8.38. The third kappa shape index (κ3) is 5.16.